The number of nitrogens with one attached hydrogen (secondary N) is 1. The molecule has 0 radical (unpaired) electrons. The molecule has 1 aromatic rings. The van der Waals surface area contributed by atoms with Gasteiger partial charge < -0.3 is 10.0 Å². The average Bonchev–Trinajstić information content (AvgIpc) is 3.12. The molecule has 1 aliphatic carbocycles. The van der Waals surface area contributed by atoms with Gasteiger partial charge in [0.25, 0.3) is 5.56 Å². The summed E-state index contributed by atoms with van der Waals surface area (Å²) >= 11 is 0. The van der Waals surface area contributed by atoms with E-state index in [9.17, 15) is 14.7 Å². The van der Waals surface area contributed by atoms with Gasteiger partial charge in [0, 0.05) is 19.1 Å². The van der Waals surface area contributed by atoms with Crippen LogP contribution in [0.15, 0.2) is 9.59 Å². The minimum atomic E-state index is -0.543. The van der Waals surface area contributed by atoms with Gasteiger partial charge in [-0.05, 0) is 26.3 Å². The molecule has 2 rings (SSSR count). The Hall–Kier alpha value is -1.56. The van der Waals surface area contributed by atoms with Gasteiger partial charge in [0.15, 0.2) is 0 Å². The van der Waals surface area contributed by atoms with Crippen molar-refractivity contribution in [3.63, 3.8) is 0 Å². The van der Waals surface area contributed by atoms with Crippen LogP contribution in [0, 0.1) is 0 Å². The van der Waals surface area contributed by atoms with Crippen molar-refractivity contribution < 1.29 is 5.11 Å². The van der Waals surface area contributed by atoms with Gasteiger partial charge in [0.05, 0.1) is 5.56 Å². The number of nitrogens with zero attached hydrogens (tertiary/aromatic N) is 2. The van der Waals surface area contributed by atoms with E-state index in [0.29, 0.717) is 25.6 Å². The number of aromatic hydroxyl groups is 1. The van der Waals surface area contributed by atoms with E-state index < -0.39 is 11.2 Å². The molecule has 0 spiro atoms. The summed E-state index contributed by atoms with van der Waals surface area (Å²) in [7, 11) is 2.01. The van der Waals surface area contributed by atoms with Crippen LogP contribution in [0.4, 0.5) is 0 Å². The molecule has 0 saturated heterocycles. The van der Waals surface area contributed by atoms with Crippen molar-refractivity contribution in [2.24, 2.45) is 0 Å². The average molecular weight is 253 g/mol. The molecule has 2 N–H and O–H groups in total. The highest BCUT2D eigenvalue weighted by Crippen LogP contribution is 2.25. The lowest BCUT2D eigenvalue weighted by atomic mass is 10.2. The predicted molar refractivity (Wildman–Crippen MR) is 68.0 cm³/mol. The second-order valence-electron chi connectivity index (χ2n) is 4.78. The van der Waals surface area contributed by atoms with Gasteiger partial charge in [-0.2, -0.15) is 0 Å². The van der Waals surface area contributed by atoms with Crippen LogP contribution in [-0.4, -0.2) is 39.2 Å². The molecule has 1 heterocycles. The lowest BCUT2D eigenvalue weighted by molar-refractivity contribution is 0.293. The number of likely N-dealkylation sites (N-methyl/N-ethyl adjacent to an activating group) is 1. The number of aromatic nitrogens is 2. The first-order valence-corrected chi connectivity index (χ1v) is 6.29. The molecule has 0 aromatic carbocycles. The maximum absolute atomic E-state index is 11.7. The first kappa shape index (κ1) is 12.9. The zero-order chi connectivity index (χ0) is 13.3. The van der Waals surface area contributed by atoms with E-state index >= 15 is 0 Å². The Morgan fingerprint density at radius 1 is 1.44 bits per heavy atom. The summed E-state index contributed by atoms with van der Waals surface area (Å²) in [6, 6.07) is 0.608. The minimum Gasteiger partial charge on any atom is -0.494 e. The van der Waals surface area contributed by atoms with Gasteiger partial charge >= 0.3 is 5.69 Å². The number of aromatic amines is 1. The summed E-state index contributed by atoms with van der Waals surface area (Å²) in [6.45, 7) is 2.85. The summed E-state index contributed by atoms with van der Waals surface area (Å²) < 4.78 is 1.24. The first-order valence-electron chi connectivity index (χ1n) is 6.29. The molecule has 0 aliphatic heterocycles. The van der Waals surface area contributed by atoms with Crippen LogP contribution in [0.25, 0.3) is 0 Å². The second kappa shape index (κ2) is 4.97. The van der Waals surface area contributed by atoms with Crippen LogP contribution < -0.4 is 11.2 Å². The monoisotopic (exact) mass is 253 g/mol. The van der Waals surface area contributed by atoms with Crippen LogP contribution >= 0.6 is 0 Å². The third kappa shape index (κ3) is 2.48. The Balaban J connectivity index is 2.21. The summed E-state index contributed by atoms with van der Waals surface area (Å²) in [5.41, 5.74) is -0.769. The van der Waals surface area contributed by atoms with Crippen LogP contribution in [-0.2, 0) is 13.0 Å². The number of rotatable bonds is 5. The Bertz CT molecular complexity index is 542. The lowest BCUT2D eigenvalue weighted by Crippen LogP contribution is -2.35. The van der Waals surface area contributed by atoms with Crippen molar-refractivity contribution >= 4 is 0 Å². The quantitative estimate of drug-likeness (QED) is 0.768. The van der Waals surface area contributed by atoms with Crippen molar-refractivity contribution in [3.05, 3.63) is 26.4 Å². The van der Waals surface area contributed by atoms with E-state index in [2.05, 4.69) is 9.88 Å². The Morgan fingerprint density at radius 3 is 2.67 bits per heavy atom. The van der Waals surface area contributed by atoms with E-state index in [1.807, 2.05) is 7.05 Å². The van der Waals surface area contributed by atoms with Gasteiger partial charge in [0.2, 0.25) is 5.88 Å². The minimum absolute atomic E-state index is 0.199. The van der Waals surface area contributed by atoms with Gasteiger partial charge in [-0.3, -0.25) is 14.3 Å². The van der Waals surface area contributed by atoms with Crippen molar-refractivity contribution in [2.45, 2.75) is 38.8 Å². The highest BCUT2D eigenvalue weighted by atomic mass is 16.3. The fraction of sp³-hybridized carbons (Fsp3) is 0.667. The summed E-state index contributed by atoms with van der Waals surface area (Å²) in [6.07, 6.45) is 2.80. The third-order valence-corrected chi connectivity index (χ3v) is 3.47. The summed E-state index contributed by atoms with van der Waals surface area (Å²) in [5.74, 6) is -0.199. The third-order valence-electron chi connectivity index (χ3n) is 3.47. The molecular weight excluding hydrogens is 234 g/mol. The number of hydrogen-bond donors (Lipinski definition) is 2. The molecule has 1 fully saturated rings. The molecule has 6 heteroatoms. The first-order chi connectivity index (χ1) is 8.54. The number of hydrogen-bond acceptors (Lipinski definition) is 4. The molecular formula is C12H19N3O3. The maximum atomic E-state index is 11.7. The molecule has 1 aromatic heterocycles. The van der Waals surface area contributed by atoms with Gasteiger partial charge in [0.1, 0.15) is 0 Å². The summed E-state index contributed by atoms with van der Waals surface area (Å²) in [5, 5.41) is 9.94. The van der Waals surface area contributed by atoms with Crippen molar-refractivity contribution in [1.29, 1.82) is 0 Å². The fourth-order valence-corrected chi connectivity index (χ4v) is 2.08. The van der Waals surface area contributed by atoms with E-state index in [0.717, 1.165) is 0 Å². The van der Waals surface area contributed by atoms with Crippen molar-refractivity contribution in [1.82, 2.24) is 14.5 Å². The molecule has 0 bridgehead atoms. The Labute approximate surface area is 105 Å². The molecule has 0 amide bonds. The van der Waals surface area contributed by atoms with Crippen LogP contribution in [0.2, 0.25) is 0 Å². The van der Waals surface area contributed by atoms with Gasteiger partial charge in [-0.25, -0.2) is 4.79 Å². The van der Waals surface area contributed by atoms with Crippen LogP contribution in [0.5, 0.6) is 5.88 Å². The van der Waals surface area contributed by atoms with E-state index in [1.54, 1.807) is 6.92 Å². The maximum Gasteiger partial charge on any atom is 0.331 e. The lowest BCUT2D eigenvalue weighted by Gasteiger charge is -2.17. The Morgan fingerprint density at radius 2 is 2.11 bits per heavy atom. The molecule has 18 heavy (non-hydrogen) atoms. The van der Waals surface area contributed by atoms with Crippen LogP contribution in [0.3, 0.4) is 0 Å². The summed E-state index contributed by atoms with van der Waals surface area (Å²) in [4.78, 5) is 27.5. The standard InChI is InChI=1S/C12H19N3O3/c1-3-9-10(16)13-12(18)15(11(9)17)7-6-14(2)8-4-5-8/h8,17H,3-7H2,1-2H3,(H,13,16,18). The smallest absolute Gasteiger partial charge is 0.331 e. The second-order valence-corrected chi connectivity index (χ2v) is 4.78. The van der Waals surface area contributed by atoms with Gasteiger partial charge in [-0.15, -0.1) is 0 Å². The topological polar surface area (TPSA) is 78.3 Å². The molecule has 0 atom stereocenters. The molecule has 100 valence electrons. The number of H-pyrrole nitrogens is 1. The van der Waals surface area contributed by atoms with Crippen LogP contribution in [0.1, 0.15) is 25.3 Å². The van der Waals surface area contributed by atoms with Gasteiger partial charge in [-0.1, -0.05) is 6.92 Å². The van der Waals surface area contributed by atoms with Crippen molar-refractivity contribution in [2.75, 3.05) is 13.6 Å². The van der Waals surface area contributed by atoms with Crippen molar-refractivity contribution in [3.8, 4) is 5.88 Å². The normalized spacial score (nSPS) is 15.3. The molecule has 1 aliphatic rings. The highest BCUT2D eigenvalue weighted by molar-refractivity contribution is 5.22. The SMILES string of the molecule is CCc1c(O)n(CCN(C)C2CC2)c(=O)[nH]c1=O. The Kier molecular flexibility index (Phi) is 3.56. The predicted octanol–water partition coefficient (Wildman–Crippen LogP) is -0.101. The largest absolute Gasteiger partial charge is 0.494 e. The molecule has 6 nitrogen and oxygen atoms in total. The molecule has 0 unspecified atom stereocenters. The fourth-order valence-electron chi connectivity index (χ4n) is 2.08. The zero-order valence-corrected chi connectivity index (χ0v) is 10.8. The van der Waals surface area contributed by atoms with E-state index in [4.69, 9.17) is 0 Å². The van der Waals surface area contributed by atoms with E-state index in [-0.39, 0.29) is 11.4 Å². The molecule has 1 saturated carbocycles. The van der Waals surface area contributed by atoms with E-state index in [1.165, 1.54) is 17.4 Å². The highest BCUT2D eigenvalue weighted by Gasteiger charge is 2.26. The zero-order valence-electron chi connectivity index (χ0n) is 10.8.